The zero-order valence-corrected chi connectivity index (χ0v) is 41.9. The van der Waals surface area contributed by atoms with Gasteiger partial charge < -0.3 is 50.6 Å². The second-order valence-electron chi connectivity index (χ2n) is 17.6. The molecule has 5 atom stereocenters. The molecule has 1 aliphatic rings. The first-order valence-corrected chi connectivity index (χ1v) is 24.3. The van der Waals surface area contributed by atoms with Crippen LogP contribution in [0, 0.1) is 17.8 Å². The van der Waals surface area contributed by atoms with Gasteiger partial charge in [-0.3, -0.25) is 48.1 Å². The van der Waals surface area contributed by atoms with E-state index in [-0.39, 0.29) is 126 Å². The maximum Gasteiger partial charge on any atom is 0.306 e. The number of benzene rings is 1. The van der Waals surface area contributed by atoms with E-state index in [1.54, 1.807) is 18.0 Å². The molecule has 0 aliphatic carbocycles. The number of esters is 1. The minimum absolute atomic E-state index is 0.00941. The monoisotopic (exact) mass is 999 g/mol. The van der Waals surface area contributed by atoms with E-state index in [0.717, 1.165) is 22.7 Å². The lowest BCUT2D eigenvalue weighted by Gasteiger charge is -2.34. The van der Waals surface area contributed by atoms with Crippen molar-refractivity contribution >= 4 is 70.3 Å². The highest BCUT2D eigenvalue weighted by molar-refractivity contribution is 7.09. The molecule has 0 saturated carbocycles. The Morgan fingerprint density at radius 2 is 1.57 bits per heavy atom. The number of ether oxygens (including phenoxy) is 3. The number of phenolic OH excluding ortho intramolecular Hbond substituents is 1. The largest absolute Gasteiger partial charge is 0.506 e. The fraction of sp³-hybridized carbons (Fsp3) is 0.583. The smallest absolute Gasteiger partial charge is 0.306 e. The van der Waals surface area contributed by atoms with Gasteiger partial charge in [-0.15, -0.1) is 11.3 Å². The summed E-state index contributed by atoms with van der Waals surface area (Å²) in [4.78, 5) is 118. The van der Waals surface area contributed by atoms with Crippen molar-refractivity contribution < 1.29 is 67.6 Å². The summed E-state index contributed by atoms with van der Waals surface area (Å²) in [7, 11) is 1.74. The van der Waals surface area contributed by atoms with E-state index in [9.17, 15) is 53.4 Å². The number of hydrogen-bond donors (Lipinski definition) is 6. The molecule has 2 aromatic rings. The quantitative estimate of drug-likeness (QED) is 0.0265. The lowest BCUT2D eigenvalue weighted by Crippen LogP contribution is -2.42. The van der Waals surface area contributed by atoms with Gasteiger partial charge in [0.15, 0.2) is 6.10 Å². The van der Waals surface area contributed by atoms with E-state index in [1.807, 2.05) is 27.7 Å². The number of nitrogens with one attached hydrogen (secondary N) is 4. The van der Waals surface area contributed by atoms with Crippen molar-refractivity contribution in [2.75, 3.05) is 58.4 Å². The van der Waals surface area contributed by atoms with Crippen LogP contribution in [0.25, 0.3) is 0 Å². The lowest BCUT2D eigenvalue weighted by molar-refractivity contribution is -0.148. The summed E-state index contributed by atoms with van der Waals surface area (Å²) in [5.41, 5.74) is 0.707. The van der Waals surface area contributed by atoms with Gasteiger partial charge in [0.1, 0.15) is 16.5 Å². The first-order valence-electron chi connectivity index (χ1n) is 23.4. The van der Waals surface area contributed by atoms with Crippen LogP contribution in [-0.4, -0.2) is 143 Å². The molecule has 7 amide bonds. The molecule has 2 unspecified atom stereocenters. The first-order chi connectivity index (χ1) is 33.2. The van der Waals surface area contributed by atoms with Crippen LogP contribution in [0.4, 0.5) is 5.69 Å². The maximum absolute atomic E-state index is 13.7. The first kappa shape index (κ1) is 58.1. The fourth-order valence-electron chi connectivity index (χ4n) is 7.22. The van der Waals surface area contributed by atoms with Crippen LogP contribution in [0.3, 0.4) is 0 Å². The summed E-state index contributed by atoms with van der Waals surface area (Å²) >= 11 is 1.13. The number of hydrogen-bond acceptors (Lipinski definition) is 15. The number of carbonyl (C=O) groups excluding carboxylic acids is 8. The molecule has 70 heavy (non-hydrogen) atoms. The highest BCUT2D eigenvalue weighted by Gasteiger charge is 2.32. The van der Waals surface area contributed by atoms with Gasteiger partial charge in [0.2, 0.25) is 23.6 Å². The van der Waals surface area contributed by atoms with Gasteiger partial charge in [0, 0.05) is 75.9 Å². The van der Waals surface area contributed by atoms with Gasteiger partial charge in [-0.2, -0.15) is 0 Å². The summed E-state index contributed by atoms with van der Waals surface area (Å²) in [6, 6.07) is 3.48. The third-order valence-electron chi connectivity index (χ3n) is 11.4. The van der Waals surface area contributed by atoms with E-state index in [4.69, 9.17) is 14.2 Å². The molecular formula is C48H69N7O14S. The van der Waals surface area contributed by atoms with Crippen LogP contribution >= 0.6 is 11.3 Å². The minimum atomic E-state index is -1.07. The number of phenols is 1. The third-order valence-corrected chi connectivity index (χ3v) is 12.4. The van der Waals surface area contributed by atoms with E-state index in [1.165, 1.54) is 43.5 Å². The number of carbonyl (C=O) groups is 9. The number of aromatic nitrogens is 1. The summed E-state index contributed by atoms with van der Waals surface area (Å²) < 4.78 is 16.6. The van der Waals surface area contributed by atoms with E-state index < -0.39 is 65.4 Å². The van der Waals surface area contributed by atoms with Crippen LogP contribution in [-0.2, 0) is 59.0 Å². The van der Waals surface area contributed by atoms with E-state index >= 15 is 0 Å². The Morgan fingerprint density at radius 1 is 0.886 bits per heavy atom. The van der Waals surface area contributed by atoms with Gasteiger partial charge in [-0.25, -0.2) is 4.98 Å². The molecule has 22 heteroatoms. The molecule has 3 rings (SSSR count). The molecule has 0 fully saturated rings. The Labute approximate surface area is 412 Å². The summed E-state index contributed by atoms with van der Waals surface area (Å²) in [5, 5.41) is 32.8. The predicted octanol–water partition coefficient (Wildman–Crippen LogP) is 3.51. The van der Waals surface area contributed by atoms with Crippen molar-refractivity contribution in [1.29, 1.82) is 0 Å². The second kappa shape index (κ2) is 29.7. The number of carboxylic acids is 1. The molecule has 0 spiro atoms. The SMILES string of the molecule is CC[C@H](C)CC(=O)N(C)C(C[C@@H](OC(C)=O)c1nc(C(=O)N[C@@H](Cc2ccc(O)c(NC(=O)CCOCCOCCNC(=O)CNC(=O)CCCN3C(=O)C=CC3=O)c2)CC(C)C(=O)O)cs1)C(C)C. The third kappa shape index (κ3) is 20.4. The van der Waals surface area contributed by atoms with Crippen molar-refractivity contribution in [3.63, 3.8) is 0 Å². The van der Waals surface area contributed by atoms with Crippen LogP contribution in [0.15, 0.2) is 35.7 Å². The molecule has 0 radical (unpaired) electrons. The van der Waals surface area contributed by atoms with Crippen molar-refractivity contribution in [3.8, 4) is 5.75 Å². The molecule has 1 aromatic carbocycles. The zero-order chi connectivity index (χ0) is 51.9. The topological polar surface area (TPSA) is 289 Å². The van der Waals surface area contributed by atoms with Crippen LogP contribution in [0.1, 0.15) is 114 Å². The normalized spacial score (nSPS) is 14.4. The average molecular weight is 1000 g/mol. The number of imide groups is 1. The van der Waals surface area contributed by atoms with Crippen LogP contribution in [0.2, 0.25) is 0 Å². The molecule has 386 valence electrons. The summed E-state index contributed by atoms with van der Waals surface area (Å²) in [6.45, 7) is 11.3. The number of anilines is 1. The molecule has 1 aromatic heterocycles. The van der Waals surface area contributed by atoms with Crippen LogP contribution < -0.4 is 21.3 Å². The average Bonchev–Trinajstić information content (AvgIpc) is 3.93. The Balaban J connectivity index is 1.47. The van der Waals surface area contributed by atoms with Gasteiger partial charge in [0.25, 0.3) is 17.7 Å². The van der Waals surface area contributed by atoms with Crippen molar-refractivity contribution in [2.45, 2.75) is 111 Å². The van der Waals surface area contributed by atoms with Crippen molar-refractivity contribution in [1.82, 2.24) is 30.7 Å². The highest BCUT2D eigenvalue weighted by atomic mass is 32.1. The van der Waals surface area contributed by atoms with E-state index in [2.05, 4.69) is 26.3 Å². The van der Waals surface area contributed by atoms with Gasteiger partial charge in [-0.1, -0.05) is 47.1 Å². The number of aliphatic carboxylic acids is 1. The van der Waals surface area contributed by atoms with Crippen LogP contribution in [0.5, 0.6) is 5.75 Å². The Kier molecular flexibility index (Phi) is 24.6. The highest BCUT2D eigenvalue weighted by Crippen LogP contribution is 2.31. The second-order valence-corrected chi connectivity index (χ2v) is 18.4. The zero-order valence-electron chi connectivity index (χ0n) is 41.1. The molecule has 21 nitrogen and oxygen atoms in total. The Hall–Kier alpha value is -6.26. The molecule has 1 aliphatic heterocycles. The number of amides is 7. The minimum Gasteiger partial charge on any atom is -0.506 e. The van der Waals surface area contributed by atoms with Gasteiger partial charge >= 0.3 is 11.9 Å². The standard InChI is InChI=1S/C48H69N7O14S/c1-8-30(4)22-45(63)54(7)37(29(2)3)26-39(69-32(6)56)47-53-36(28-70-47)46(64)51-34(23-31(5)48(65)66)24-33-11-12-38(57)35(25-33)52-41(59)15-18-67-20-21-68-19-16-49-42(60)27-50-40(58)10-9-17-55-43(61)13-14-44(55)62/h11-14,25,28-31,34,37,39,57H,8-10,15-24,26-27H2,1-7H3,(H,49,60)(H,50,58)(H,51,64)(H,52,59)(H,65,66)/t30-,31?,34+,37?,39+/m0/s1. The number of thiazole rings is 1. The molecule has 0 saturated heterocycles. The fourth-order valence-corrected chi connectivity index (χ4v) is 8.06. The van der Waals surface area contributed by atoms with Gasteiger partial charge in [0.05, 0.1) is 51.0 Å². The number of rotatable bonds is 32. The van der Waals surface area contributed by atoms with Crippen molar-refractivity contribution in [3.05, 3.63) is 52.0 Å². The van der Waals surface area contributed by atoms with Crippen molar-refractivity contribution in [2.24, 2.45) is 17.8 Å². The van der Waals surface area contributed by atoms with E-state index in [0.29, 0.717) is 17.0 Å². The van der Waals surface area contributed by atoms with Gasteiger partial charge in [-0.05, 0) is 48.8 Å². The summed E-state index contributed by atoms with van der Waals surface area (Å²) in [6.07, 6.45) is 3.39. The number of nitrogens with zero attached hydrogens (tertiary/aromatic N) is 3. The summed E-state index contributed by atoms with van der Waals surface area (Å²) in [5.74, 6) is -5.20. The molecule has 0 bridgehead atoms. The molecule has 2 heterocycles. The predicted molar refractivity (Wildman–Crippen MR) is 257 cm³/mol. The lowest BCUT2D eigenvalue weighted by atomic mass is 9.95. The molecular weight excluding hydrogens is 931 g/mol. The number of aromatic hydroxyl groups is 1. The maximum atomic E-state index is 13.7. The number of carboxylic acid groups (broad SMARTS) is 1. The molecule has 6 N–H and O–H groups in total. The Morgan fingerprint density at radius 3 is 2.21 bits per heavy atom. The Bertz CT molecular complexity index is 2150.